The van der Waals surface area contributed by atoms with Crippen molar-refractivity contribution in [2.24, 2.45) is 0 Å². The van der Waals surface area contributed by atoms with Gasteiger partial charge in [-0.25, -0.2) is 8.42 Å². The quantitative estimate of drug-likeness (QED) is 0.434. The monoisotopic (exact) mass is 401 g/mol. The SMILES string of the molecule is O=C(/C=C/c1ccc([N+](=O)[O-])cc1)N1CCN(S(=O)(=O)c2ccccc2)CC1. The van der Waals surface area contributed by atoms with Crippen molar-refractivity contribution in [3.8, 4) is 0 Å². The Kier molecular flexibility index (Phi) is 5.86. The second-order valence-corrected chi connectivity index (χ2v) is 8.16. The van der Waals surface area contributed by atoms with Crippen molar-refractivity contribution in [1.82, 2.24) is 9.21 Å². The maximum atomic E-state index is 12.6. The van der Waals surface area contributed by atoms with Crippen molar-refractivity contribution in [2.75, 3.05) is 26.2 Å². The molecular weight excluding hydrogens is 382 g/mol. The van der Waals surface area contributed by atoms with Gasteiger partial charge in [0, 0.05) is 44.4 Å². The number of hydrogen-bond donors (Lipinski definition) is 0. The van der Waals surface area contributed by atoms with Crippen LogP contribution in [0.1, 0.15) is 5.56 Å². The molecule has 8 nitrogen and oxygen atoms in total. The third-order valence-corrected chi connectivity index (χ3v) is 6.37. The van der Waals surface area contributed by atoms with Gasteiger partial charge in [-0.15, -0.1) is 0 Å². The molecular formula is C19H19N3O5S. The number of sulfonamides is 1. The van der Waals surface area contributed by atoms with Crippen LogP contribution in [0.3, 0.4) is 0 Å². The predicted octanol–water partition coefficient (Wildman–Crippen LogP) is 2.14. The number of nitro benzene ring substituents is 1. The molecule has 3 rings (SSSR count). The van der Waals surface area contributed by atoms with Gasteiger partial charge in [-0.3, -0.25) is 14.9 Å². The summed E-state index contributed by atoms with van der Waals surface area (Å²) in [6, 6.07) is 14.1. The molecule has 0 radical (unpaired) electrons. The first-order chi connectivity index (χ1) is 13.4. The van der Waals surface area contributed by atoms with Crippen molar-refractivity contribution in [2.45, 2.75) is 4.90 Å². The molecule has 9 heteroatoms. The topological polar surface area (TPSA) is 101 Å². The van der Waals surface area contributed by atoms with E-state index in [4.69, 9.17) is 0 Å². The van der Waals surface area contributed by atoms with E-state index in [1.165, 1.54) is 22.5 Å². The molecule has 0 unspecified atom stereocenters. The number of carbonyl (C=O) groups is 1. The number of rotatable bonds is 5. The van der Waals surface area contributed by atoms with Crippen molar-refractivity contribution in [3.05, 3.63) is 76.4 Å². The van der Waals surface area contributed by atoms with Gasteiger partial charge in [0.15, 0.2) is 0 Å². The van der Waals surface area contributed by atoms with Crippen LogP contribution < -0.4 is 0 Å². The second kappa shape index (κ2) is 8.32. The van der Waals surface area contributed by atoms with Gasteiger partial charge in [0.25, 0.3) is 5.69 Å². The molecule has 0 saturated carbocycles. The number of benzene rings is 2. The molecule has 28 heavy (non-hydrogen) atoms. The van der Waals surface area contributed by atoms with Crippen LogP contribution in [-0.2, 0) is 14.8 Å². The van der Waals surface area contributed by atoms with Crippen LogP contribution in [0.2, 0.25) is 0 Å². The Morgan fingerprint density at radius 2 is 1.57 bits per heavy atom. The Hall–Kier alpha value is -3.04. The van der Waals surface area contributed by atoms with E-state index in [1.54, 1.807) is 53.4 Å². The lowest BCUT2D eigenvalue weighted by atomic mass is 10.2. The van der Waals surface area contributed by atoms with Crippen molar-refractivity contribution >= 4 is 27.7 Å². The van der Waals surface area contributed by atoms with Gasteiger partial charge in [0.05, 0.1) is 9.82 Å². The Bertz CT molecular complexity index is 980. The van der Waals surface area contributed by atoms with Crippen LogP contribution in [0.25, 0.3) is 6.08 Å². The number of non-ortho nitro benzene ring substituents is 1. The maximum Gasteiger partial charge on any atom is 0.269 e. The van der Waals surface area contributed by atoms with Crippen molar-refractivity contribution < 1.29 is 18.1 Å². The second-order valence-electron chi connectivity index (χ2n) is 6.22. The average Bonchev–Trinajstić information content (AvgIpc) is 2.73. The lowest BCUT2D eigenvalue weighted by Crippen LogP contribution is -2.50. The minimum atomic E-state index is -3.56. The van der Waals surface area contributed by atoms with E-state index in [0.29, 0.717) is 18.7 Å². The summed E-state index contributed by atoms with van der Waals surface area (Å²) in [6.07, 6.45) is 2.97. The lowest BCUT2D eigenvalue weighted by molar-refractivity contribution is -0.384. The molecule has 1 aliphatic rings. The van der Waals surface area contributed by atoms with Gasteiger partial charge in [-0.1, -0.05) is 18.2 Å². The van der Waals surface area contributed by atoms with Crippen molar-refractivity contribution in [3.63, 3.8) is 0 Å². The number of nitro groups is 1. The fourth-order valence-electron chi connectivity index (χ4n) is 2.87. The van der Waals surface area contributed by atoms with E-state index >= 15 is 0 Å². The minimum Gasteiger partial charge on any atom is -0.337 e. The van der Waals surface area contributed by atoms with Gasteiger partial charge in [-0.2, -0.15) is 4.31 Å². The number of amides is 1. The Labute approximate surface area is 162 Å². The molecule has 1 fully saturated rings. The average molecular weight is 401 g/mol. The number of nitrogens with zero attached hydrogens (tertiary/aromatic N) is 3. The summed E-state index contributed by atoms with van der Waals surface area (Å²) in [5.41, 5.74) is 0.656. The normalized spacial score (nSPS) is 15.6. The molecule has 146 valence electrons. The van der Waals surface area contributed by atoms with E-state index in [9.17, 15) is 23.3 Å². The predicted molar refractivity (Wildman–Crippen MR) is 104 cm³/mol. The summed E-state index contributed by atoms with van der Waals surface area (Å²) in [6.45, 7) is 1.06. The fraction of sp³-hybridized carbons (Fsp3) is 0.211. The zero-order chi connectivity index (χ0) is 20.1. The molecule has 2 aromatic carbocycles. The summed E-state index contributed by atoms with van der Waals surface area (Å²) in [7, 11) is -3.56. The van der Waals surface area contributed by atoms with Crippen LogP contribution in [0.5, 0.6) is 0 Å². The van der Waals surface area contributed by atoms with E-state index < -0.39 is 14.9 Å². The van der Waals surface area contributed by atoms with E-state index in [1.807, 2.05) is 0 Å². The molecule has 1 saturated heterocycles. The first kappa shape index (κ1) is 19.7. The highest BCUT2D eigenvalue weighted by Crippen LogP contribution is 2.18. The molecule has 0 aliphatic carbocycles. The lowest BCUT2D eigenvalue weighted by Gasteiger charge is -2.33. The molecule has 0 spiro atoms. The smallest absolute Gasteiger partial charge is 0.269 e. The molecule has 1 heterocycles. The highest BCUT2D eigenvalue weighted by Gasteiger charge is 2.29. The Balaban J connectivity index is 1.58. The molecule has 0 N–H and O–H groups in total. The molecule has 0 aromatic heterocycles. The van der Waals surface area contributed by atoms with Crippen LogP contribution in [0, 0.1) is 10.1 Å². The number of carbonyl (C=O) groups excluding carboxylic acids is 1. The zero-order valence-corrected chi connectivity index (χ0v) is 15.8. The minimum absolute atomic E-state index is 0.0146. The Morgan fingerprint density at radius 1 is 0.964 bits per heavy atom. The van der Waals surface area contributed by atoms with Crippen LogP contribution in [0.15, 0.2) is 65.6 Å². The van der Waals surface area contributed by atoms with Crippen LogP contribution >= 0.6 is 0 Å². The van der Waals surface area contributed by atoms with Gasteiger partial charge < -0.3 is 4.90 Å². The summed E-state index contributed by atoms with van der Waals surface area (Å²) < 4.78 is 26.6. The largest absolute Gasteiger partial charge is 0.337 e. The standard InChI is InChI=1S/C19H19N3O5S/c23-19(11-8-16-6-9-17(10-7-16)22(24)25)20-12-14-21(15-13-20)28(26,27)18-4-2-1-3-5-18/h1-11H,12-15H2/b11-8+. The fourth-order valence-corrected chi connectivity index (χ4v) is 4.31. The number of piperazine rings is 1. The third-order valence-electron chi connectivity index (χ3n) is 4.45. The summed E-state index contributed by atoms with van der Waals surface area (Å²) >= 11 is 0. The molecule has 1 amide bonds. The molecule has 0 atom stereocenters. The summed E-state index contributed by atoms with van der Waals surface area (Å²) in [5.74, 6) is -0.227. The highest BCUT2D eigenvalue weighted by atomic mass is 32.2. The van der Waals surface area contributed by atoms with Crippen molar-refractivity contribution in [1.29, 1.82) is 0 Å². The van der Waals surface area contributed by atoms with E-state index in [2.05, 4.69) is 0 Å². The van der Waals surface area contributed by atoms with E-state index in [-0.39, 0.29) is 29.6 Å². The van der Waals surface area contributed by atoms with Gasteiger partial charge in [-0.05, 0) is 35.9 Å². The van der Waals surface area contributed by atoms with Gasteiger partial charge in [0.2, 0.25) is 15.9 Å². The zero-order valence-electron chi connectivity index (χ0n) is 15.0. The van der Waals surface area contributed by atoms with Gasteiger partial charge in [0.1, 0.15) is 0 Å². The summed E-state index contributed by atoms with van der Waals surface area (Å²) in [5, 5.41) is 10.7. The van der Waals surface area contributed by atoms with Crippen LogP contribution in [0.4, 0.5) is 5.69 Å². The third kappa shape index (κ3) is 4.44. The summed E-state index contributed by atoms with van der Waals surface area (Å²) in [4.78, 5) is 24.3. The van der Waals surface area contributed by atoms with Gasteiger partial charge >= 0.3 is 0 Å². The Morgan fingerprint density at radius 3 is 2.14 bits per heavy atom. The number of hydrogen-bond acceptors (Lipinski definition) is 5. The molecule has 1 aliphatic heterocycles. The first-order valence-electron chi connectivity index (χ1n) is 8.64. The molecule has 0 bridgehead atoms. The maximum absolute atomic E-state index is 12.6. The highest BCUT2D eigenvalue weighted by molar-refractivity contribution is 7.89. The van der Waals surface area contributed by atoms with Crippen LogP contribution in [-0.4, -0.2) is 54.6 Å². The first-order valence-corrected chi connectivity index (χ1v) is 10.1. The molecule has 2 aromatic rings. The van der Waals surface area contributed by atoms with E-state index in [0.717, 1.165) is 0 Å².